The maximum Gasteiger partial charge on any atom is 0.328 e. The Balaban J connectivity index is 5.35. The standard InChI is InChI=1S/C16H31N7O8/c1-7(26)11(15(30)31)23-13(28)9(3-2-4-20-16(18)19)21-14(29)10(6-25)22-12(27)8(17)5-24/h7-11,24-26H,2-6,17H2,1H3,(H,21,29)(H,22,27)(H,23,28)(H,30,31)(H4,18,19,20). The van der Waals surface area contributed by atoms with Gasteiger partial charge >= 0.3 is 5.97 Å². The van der Waals surface area contributed by atoms with Crippen LogP contribution in [-0.4, -0.2) is 100 Å². The van der Waals surface area contributed by atoms with Crippen molar-refractivity contribution >= 4 is 29.7 Å². The molecule has 0 aromatic carbocycles. The van der Waals surface area contributed by atoms with Gasteiger partial charge in [0.05, 0.1) is 19.3 Å². The molecule has 0 bridgehead atoms. The van der Waals surface area contributed by atoms with Gasteiger partial charge in [0.25, 0.3) is 0 Å². The van der Waals surface area contributed by atoms with Gasteiger partial charge in [-0.2, -0.15) is 0 Å². The number of nitrogens with zero attached hydrogens (tertiary/aromatic N) is 1. The van der Waals surface area contributed by atoms with Crippen molar-refractivity contribution in [3.8, 4) is 0 Å². The van der Waals surface area contributed by atoms with Gasteiger partial charge in [-0.3, -0.25) is 19.4 Å². The zero-order chi connectivity index (χ0) is 24.1. The van der Waals surface area contributed by atoms with Crippen LogP contribution < -0.4 is 33.2 Å². The highest BCUT2D eigenvalue weighted by atomic mass is 16.4. The summed E-state index contributed by atoms with van der Waals surface area (Å²) in [4.78, 5) is 51.6. The number of hydrogen-bond donors (Lipinski definition) is 10. The summed E-state index contributed by atoms with van der Waals surface area (Å²) in [7, 11) is 0. The molecular weight excluding hydrogens is 418 g/mol. The average Bonchev–Trinajstić information content (AvgIpc) is 2.70. The second kappa shape index (κ2) is 14.1. The van der Waals surface area contributed by atoms with E-state index < -0.39 is 67.2 Å². The van der Waals surface area contributed by atoms with Crippen LogP contribution in [0.4, 0.5) is 0 Å². The first-order valence-electron chi connectivity index (χ1n) is 9.29. The number of aliphatic imine (C=N–C) groups is 1. The van der Waals surface area contributed by atoms with Crippen molar-refractivity contribution in [2.24, 2.45) is 22.2 Å². The molecule has 3 amide bonds. The van der Waals surface area contributed by atoms with Crippen LogP contribution >= 0.6 is 0 Å². The summed E-state index contributed by atoms with van der Waals surface area (Å²) >= 11 is 0. The Labute approximate surface area is 178 Å². The number of carbonyl (C=O) groups excluding carboxylic acids is 3. The second-order valence-corrected chi connectivity index (χ2v) is 6.61. The molecule has 0 heterocycles. The molecule has 0 aromatic heterocycles. The Morgan fingerprint density at radius 2 is 1.48 bits per heavy atom. The topological polar surface area (TPSA) is 276 Å². The third-order valence-corrected chi connectivity index (χ3v) is 3.97. The average molecular weight is 449 g/mol. The van der Waals surface area contributed by atoms with Crippen molar-refractivity contribution in [2.75, 3.05) is 19.8 Å². The lowest BCUT2D eigenvalue weighted by Gasteiger charge is -2.25. The molecule has 0 spiro atoms. The highest BCUT2D eigenvalue weighted by Crippen LogP contribution is 2.03. The SMILES string of the molecule is CC(O)C(NC(=O)C(CCCN=C(N)N)NC(=O)C(CO)NC(=O)C(N)CO)C(=O)O. The van der Waals surface area contributed by atoms with E-state index in [1.165, 1.54) is 0 Å². The monoisotopic (exact) mass is 449 g/mol. The van der Waals surface area contributed by atoms with E-state index in [0.29, 0.717) is 0 Å². The van der Waals surface area contributed by atoms with Crippen molar-refractivity contribution in [2.45, 2.75) is 50.0 Å². The summed E-state index contributed by atoms with van der Waals surface area (Å²) in [6, 6.07) is -5.77. The predicted octanol–water partition coefficient (Wildman–Crippen LogP) is -5.73. The summed E-state index contributed by atoms with van der Waals surface area (Å²) in [5.74, 6) is -4.49. The Kier molecular flexibility index (Phi) is 12.7. The molecule has 0 aromatic rings. The second-order valence-electron chi connectivity index (χ2n) is 6.61. The van der Waals surface area contributed by atoms with Crippen LogP contribution in [0.2, 0.25) is 0 Å². The van der Waals surface area contributed by atoms with Gasteiger partial charge < -0.3 is 53.6 Å². The Bertz CT molecular complexity index is 654. The van der Waals surface area contributed by atoms with Gasteiger partial charge in [-0.05, 0) is 19.8 Å². The minimum atomic E-state index is -1.64. The molecular formula is C16H31N7O8. The highest BCUT2D eigenvalue weighted by Gasteiger charge is 2.31. The fraction of sp³-hybridized carbons (Fsp3) is 0.688. The smallest absolute Gasteiger partial charge is 0.328 e. The Hall–Kier alpha value is -3.01. The van der Waals surface area contributed by atoms with Crippen LogP contribution in [-0.2, 0) is 19.2 Å². The van der Waals surface area contributed by atoms with Crippen LogP contribution in [0, 0.1) is 0 Å². The predicted molar refractivity (Wildman–Crippen MR) is 107 cm³/mol. The molecule has 5 atom stereocenters. The molecule has 31 heavy (non-hydrogen) atoms. The van der Waals surface area contributed by atoms with Crippen molar-refractivity contribution in [3.05, 3.63) is 0 Å². The summed E-state index contributed by atoms with van der Waals surface area (Å²) in [6.45, 7) is -0.278. The molecule has 15 heteroatoms. The molecule has 0 aliphatic carbocycles. The minimum Gasteiger partial charge on any atom is -0.480 e. The summed E-state index contributed by atoms with van der Waals surface area (Å²) < 4.78 is 0. The zero-order valence-corrected chi connectivity index (χ0v) is 17.0. The van der Waals surface area contributed by atoms with Crippen LogP contribution in [0.1, 0.15) is 19.8 Å². The molecule has 0 fully saturated rings. The minimum absolute atomic E-state index is 0.0389. The van der Waals surface area contributed by atoms with E-state index in [9.17, 15) is 29.4 Å². The fourth-order valence-corrected chi connectivity index (χ4v) is 2.24. The lowest BCUT2D eigenvalue weighted by Crippen LogP contribution is -2.59. The van der Waals surface area contributed by atoms with Gasteiger partial charge in [-0.15, -0.1) is 0 Å². The number of nitrogens with two attached hydrogens (primary N) is 3. The number of carbonyl (C=O) groups is 4. The van der Waals surface area contributed by atoms with E-state index in [0.717, 1.165) is 6.92 Å². The lowest BCUT2D eigenvalue weighted by molar-refractivity contribution is -0.145. The van der Waals surface area contributed by atoms with Crippen LogP contribution in [0.3, 0.4) is 0 Å². The molecule has 0 aliphatic heterocycles. The van der Waals surface area contributed by atoms with Gasteiger partial charge in [0.2, 0.25) is 17.7 Å². The molecule has 0 rings (SSSR count). The van der Waals surface area contributed by atoms with Crippen molar-refractivity contribution < 1.29 is 39.6 Å². The summed E-state index contributed by atoms with van der Waals surface area (Å²) in [5, 5.41) is 43.4. The molecule has 0 saturated carbocycles. The number of aliphatic hydroxyl groups is 3. The van der Waals surface area contributed by atoms with Crippen molar-refractivity contribution in [1.82, 2.24) is 16.0 Å². The molecule has 178 valence electrons. The van der Waals surface area contributed by atoms with Gasteiger partial charge in [-0.1, -0.05) is 0 Å². The van der Waals surface area contributed by atoms with E-state index >= 15 is 0 Å². The van der Waals surface area contributed by atoms with Crippen LogP contribution in [0.15, 0.2) is 4.99 Å². The number of rotatable bonds is 14. The van der Waals surface area contributed by atoms with Crippen molar-refractivity contribution in [3.63, 3.8) is 0 Å². The Morgan fingerprint density at radius 1 is 0.935 bits per heavy atom. The quantitative estimate of drug-likeness (QED) is 0.0677. The first-order valence-corrected chi connectivity index (χ1v) is 9.29. The van der Waals surface area contributed by atoms with Gasteiger partial charge in [0.15, 0.2) is 12.0 Å². The van der Waals surface area contributed by atoms with E-state index in [1.54, 1.807) is 0 Å². The van der Waals surface area contributed by atoms with E-state index in [2.05, 4.69) is 20.9 Å². The van der Waals surface area contributed by atoms with E-state index in [1.807, 2.05) is 0 Å². The largest absolute Gasteiger partial charge is 0.480 e. The first kappa shape index (κ1) is 28.0. The van der Waals surface area contributed by atoms with Crippen molar-refractivity contribution in [1.29, 1.82) is 0 Å². The lowest BCUT2D eigenvalue weighted by atomic mass is 10.1. The van der Waals surface area contributed by atoms with E-state index in [-0.39, 0.29) is 25.3 Å². The number of carboxylic acids is 1. The normalized spacial score (nSPS) is 15.5. The first-order chi connectivity index (χ1) is 14.4. The molecule has 13 N–H and O–H groups in total. The molecule has 15 nitrogen and oxygen atoms in total. The number of aliphatic carboxylic acids is 1. The van der Waals surface area contributed by atoms with Gasteiger partial charge in [0.1, 0.15) is 18.1 Å². The number of amides is 3. The third-order valence-electron chi connectivity index (χ3n) is 3.97. The summed E-state index contributed by atoms with van der Waals surface area (Å²) in [6.07, 6.45) is -1.26. The maximum absolute atomic E-state index is 12.5. The number of carboxylic acid groups (broad SMARTS) is 1. The zero-order valence-electron chi connectivity index (χ0n) is 17.0. The number of guanidine groups is 1. The molecule has 0 radical (unpaired) electrons. The number of nitrogens with one attached hydrogen (secondary N) is 3. The fourth-order valence-electron chi connectivity index (χ4n) is 2.24. The van der Waals surface area contributed by atoms with Gasteiger partial charge in [-0.25, -0.2) is 4.79 Å². The van der Waals surface area contributed by atoms with E-state index in [4.69, 9.17) is 27.4 Å². The maximum atomic E-state index is 12.5. The highest BCUT2D eigenvalue weighted by molar-refractivity contribution is 5.94. The van der Waals surface area contributed by atoms with Crippen LogP contribution in [0.25, 0.3) is 0 Å². The third kappa shape index (κ3) is 10.5. The Morgan fingerprint density at radius 3 is 1.94 bits per heavy atom. The molecule has 0 saturated heterocycles. The number of hydrogen-bond acceptors (Lipinski definition) is 9. The van der Waals surface area contributed by atoms with Gasteiger partial charge in [0, 0.05) is 6.54 Å². The van der Waals surface area contributed by atoms with Crippen LogP contribution in [0.5, 0.6) is 0 Å². The molecule has 0 aliphatic rings. The molecule has 5 unspecified atom stereocenters. The summed E-state index contributed by atoms with van der Waals surface area (Å²) in [5.41, 5.74) is 15.8. The number of aliphatic hydroxyl groups excluding tert-OH is 3.